The molecule has 0 bridgehead atoms. The standard InChI is InChI=1S/C18H14N4O3/c1-10-12(21-7-2-3-8-21)5-4-6-13(10)22-14(23)9-11-15(16(22)19)18(25)20-17(11)24/h2-9H,19H2,1H3,(H,20,24,25). The van der Waals surface area contributed by atoms with Crippen molar-refractivity contribution in [3.8, 4) is 11.4 Å². The molecule has 124 valence electrons. The zero-order chi connectivity index (χ0) is 17.7. The lowest BCUT2D eigenvalue weighted by molar-refractivity contribution is 0.0880. The summed E-state index contributed by atoms with van der Waals surface area (Å²) >= 11 is 0. The lowest BCUT2D eigenvalue weighted by Gasteiger charge is -2.17. The number of anilines is 1. The second-order valence-electron chi connectivity index (χ2n) is 5.79. The Labute approximate surface area is 142 Å². The van der Waals surface area contributed by atoms with Crippen LogP contribution in [0.3, 0.4) is 0 Å². The molecule has 2 amide bonds. The lowest BCUT2D eigenvalue weighted by atomic mass is 10.1. The SMILES string of the molecule is Cc1c(-n2cccc2)cccc1-n1c(N)c2c(cc1=O)C(=O)NC2=O. The summed E-state index contributed by atoms with van der Waals surface area (Å²) in [4.78, 5) is 36.4. The van der Waals surface area contributed by atoms with Gasteiger partial charge in [0.05, 0.1) is 16.8 Å². The Hall–Kier alpha value is -3.61. The number of carbonyl (C=O) groups excluding carboxylic acids is 2. The van der Waals surface area contributed by atoms with Crippen molar-refractivity contribution >= 4 is 17.6 Å². The minimum atomic E-state index is -0.603. The van der Waals surface area contributed by atoms with Crippen LogP contribution in [-0.4, -0.2) is 20.9 Å². The number of benzene rings is 1. The van der Waals surface area contributed by atoms with Crippen LogP contribution in [0.1, 0.15) is 26.3 Å². The molecule has 1 aliphatic rings. The van der Waals surface area contributed by atoms with E-state index in [1.165, 1.54) is 4.57 Å². The first-order chi connectivity index (χ1) is 12.0. The van der Waals surface area contributed by atoms with E-state index in [0.717, 1.165) is 17.3 Å². The van der Waals surface area contributed by atoms with Crippen LogP contribution in [-0.2, 0) is 0 Å². The Morgan fingerprint density at radius 1 is 0.960 bits per heavy atom. The lowest BCUT2D eigenvalue weighted by Crippen LogP contribution is -2.25. The van der Waals surface area contributed by atoms with Crippen molar-refractivity contribution in [2.75, 3.05) is 5.73 Å². The van der Waals surface area contributed by atoms with Crippen LogP contribution in [0.2, 0.25) is 0 Å². The number of rotatable bonds is 2. The molecule has 2 aromatic heterocycles. The highest BCUT2D eigenvalue weighted by Gasteiger charge is 2.32. The number of nitrogens with zero attached hydrogens (tertiary/aromatic N) is 2. The van der Waals surface area contributed by atoms with E-state index in [-0.39, 0.29) is 16.9 Å². The third-order valence-corrected chi connectivity index (χ3v) is 4.35. The fourth-order valence-corrected chi connectivity index (χ4v) is 3.16. The first-order valence-electron chi connectivity index (χ1n) is 7.63. The first-order valence-corrected chi connectivity index (χ1v) is 7.63. The molecular formula is C18H14N4O3. The monoisotopic (exact) mass is 334 g/mol. The number of pyridine rings is 1. The van der Waals surface area contributed by atoms with E-state index in [9.17, 15) is 14.4 Å². The number of nitrogen functional groups attached to an aromatic ring is 1. The van der Waals surface area contributed by atoms with Gasteiger partial charge >= 0.3 is 0 Å². The van der Waals surface area contributed by atoms with E-state index < -0.39 is 17.4 Å². The van der Waals surface area contributed by atoms with E-state index >= 15 is 0 Å². The van der Waals surface area contributed by atoms with Crippen LogP contribution in [0.5, 0.6) is 0 Å². The highest BCUT2D eigenvalue weighted by atomic mass is 16.2. The van der Waals surface area contributed by atoms with Crippen molar-refractivity contribution in [2.24, 2.45) is 0 Å². The predicted molar refractivity (Wildman–Crippen MR) is 92.3 cm³/mol. The Morgan fingerprint density at radius 3 is 2.36 bits per heavy atom. The van der Waals surface area contributed by atoms with Crippen LogP contribution >= 0.6 is 0 Å². The molecule has 0 fully saturated rings. The van der Waals surface area contributed by atoms with Crippen LogP contribution in [0.4, 0.5) is 5.82 Å². The molecule has 1 aliphatic heterocycles. The molecule has 3 aromatic rings. The number of hydrogen-bond donors (Lipinski definition) is 2. The van der Waals surface area contributed by atoms with Crippen molar-refractivity contribution in [1.29, 1.82) is 0 Å². The second kappa shape index (κ2) is 5.20. The molecule has 25 heavy (non-hydrogen) atoms. The molecule has 3 N–H and O–H groups in total. The van der Waals surface area contributed by atoms with Gasteiger partial charge in [-0.05, 0) is 36.8 Å². The summed E-state index contributed by atoms with van der Waals surface area (Å²) in [5.41, 5.74) is 7.95. The molecule has 0 saturated heterocycles. The van der Waals surface area contributed by atoms with Gasteiger partial charge in [0.1, 0.15) is 5.82 Å². The van der Waals surface area contributed by atoms with Crippen LogP contribution < -0.4 is 16.6 Å². The largest absolute Gasteiger partial charge is 0.384 e. The first kappa shape index (κ1) is 14.9. The summed E-state index contributed by atoms with van der Waals surface area (Å²) in [6, 6.07) is 10.4. The Bertz CT molecular complexity index is 1090. The van der Waals surface area contributed by atoms with Crippen molar-refractivity contribution < 1.29 is 9.59 Å². The predicted octanol–water partition coefficient (Wildman–Crippen LogP) is 1.40. The van der Waals surface area contributed by atoms with Gasteiger partial charge in [0.15, 0.2) is 0 Å². The number of nitrogens with two attached hydrogens (primary N) is 1. The summed E-state index contributed by atoms with van der Waals surface area (Å²) in [7, 11) is 0. The van der Waals surface area contributed by atoms with E-state index in [2.05, 4.69) is 5.32 Å². The van der Waals surface area contributed by atoms with E-state index in [1.54, 1.807) is 6.07 Å². The van der Waals surface area contributed by atoms with Gasteiger partial charge in [-0.3, -0.25) is 24.3 Å². The normalized spacial score (nSPS) is 13.0. The molecule has 1 aromatic carbocycles. The van der Waals surface area contributed by atoms with Crippen LogP contribution in [0, 0.1) is 6.92 Å². The van der Waals surface area contributed by atoms with Crippen molar-refractivity contribution in [3.63, 3.8) is 0 Å². The minimum absolute atomic E-state index is 0.0166. The van der Waals surface area contributed by atoms with Gasteiger partial charge in [-0.15, -0.1) is 0 Å². The summed E-state index contributed by atoms with van der Waals surface area (Å²) in [6.07, 6.45) is 3.79. The molecule has 3 heterocycles. The molecule has 0 unspecified atom stereocenters. The molecule has 0 spiro atoms. The number of carbonyl (C=O) groups is 2. The highest BCUT2D eigenvalue weighted by molar-refractivity contribution is 6.23. The maximum atomic E-state index is 12.6. The molecule has 0 atom stereocenters. The third-order valence-electron chi connectivity index (χ3n) is 4.35. The van der Waals surface area contributed by atoms with Crippen LogP contribution in [0.25, 0.3) is 11.4 Å². The minimum Gasteiger partial charge on any atom is -0.384 e. The maximum Gasteiger partial charge on any atom is 0.262 e. The van der Waals surface area contributed by atoms with E-state index in [0.29, 0.717) is 5.69 Å². The van der Waals surface area contributed by atoms with Crippen molar-refractivity contribution in [3.05, 3.63) is 75.8 Å². The molecule has 0 radical (unpaired) electrons. The van der Waals surface area contributed by atoms with Gasteiger partial charge in [0, 0.05) is 24.1 Å². The van der Waals surface area contributed by atoms with Gasteiger partial charge in [-0.2, -0.15) is 0 Å². The fraction of sp³-hybridized carbons (Fsp3) is 0.0556. The number of amides is 2. The van der Waals surface area contributed by atoms with E-state index in [4.69, 9.17) is 5.73 Å². The van der Waals surface area contributed by atoms with E-state index in [1.807, 2.05) is 48.1 Å². The van der Waals surface area contributed by atoms with Gasteiger partial charge in [0.2, 0.25) is 0 Å². The molecular weight excluding hydrogens is 320 g/mol. The zero-order valence-corrected chi connectivity index (χ0v) is 13.3. The topological polar surface area (TPSA) is 99.1 Å². The average molecular weight is 334 g/mol. The van der Waals surface area contributed by atoms with Gasteiger partial charge in [-0.25, -0.2) is 0 Å². The summed E-state index contributed by atoms with van der Waals surface area (Å²) in [5.74, 6) is -1.24. The fourth-order valence-electron chi connectivity index (χ4n) is 3.16. The molecule has 4 rings (SSSR count). The Kier molecular flexibility index (Phi) is 3.11. The number of aromatic nitrogens is 2. The summed E-state index contributed by atoms with van der Waals surface area (Å²) in [5, 5.41) is 2.16. The average Bonchev–Trinajstić information content (AvgIpc) is 3.18. The summed E-state index contributed by atoms with van der Waals surface area (Å²) < 4.78 is 3.18. The highest BCUT2D eigenvalue weighted by Crippen LogP contribution is 2.26. The Balaban J connectivity index is 2.00. The van der Waals surface area contributed by atoms with Crippen molar-refractivity contribution in [2.45, 2.75) is 6.92 Å². The van der Waals surface area contributed by atoms with Gasteiger partial charge in [-0.1, -0.05) is 6.07 Å². The van der Waals surface area contributed by atoms with Crippen LogP contribution in [0.15, 0.2) is 53.6 Å². The number of fused-ring (bicyclic) bond motifs is 1. The van der Waals surface area contributed by atoms with Gasteiger partial charge in [0.25, 0.3) is 17.4 Å². The van der Waals surface area contributed by atoms with Crippen molar-refractivity contribution in [1.82, 2.24) is 14.5 Å². The molecule has 7 nitrogen and oxygen atoms in total. The molecule has 7 heteroatoms. The maximum absolute atomic E-state index is 12.6. The molecule has 0 saturated carbocycles. The number of hydrogen-bond acceptors (Lipinski definition) is 4. The summed E-state index contributed by atoms with van der Waals surface area (Å²) in [6.45, 7) is 1.87. The number of nitrogens with one attached hydrogen (secondary N) is 1. The quantitative estimate of drug-likeness (QED) is 0.692. The molecule has 0 aliphatic carbocycles. The number of imide groups is 1. The Morgan fingerprint density at radius 2 is 1.64 bits per heavy atom. The zero-order valence-electron chi connectivity index (χ0n) is 13.3. The van der Waals surface area contributed by atoms with Gasteiger partial charge < -0.3 is 10.3 Å². The third kappa shape index (κ3) is 2.09. The second-order valence-corrected chi connectivity index (χ2v) is 5.79. The smallest absolute Gasteiger partial charge is 0.262 e.